The van der Waals surface area contributed by atoms with Gasteiger partial charge in [0.1, 0.15) is 18.3 Å². The van der Waals surface area contributed by atoms with Crippen LogP contribution in [-0.2, 0) is 4.74 Å². The van der Waals surface area contributed by atoms with Crippen LogP contribution in [0.5, 0.6) is 0 Å². The van der Waals surface area contributed by atoms with Gasteiger partial charge < -0.3 is 25.5 Å². The molecule has 2 heterocycles. The van der Waals surface area contributed by atoms with Crippen LogP contribution in [-0.4, -0.2) is 84.8 Å². The molecule has 1 aromatic heterocycles. The number of ether oxygens (including phenoxy) is 1. The maximum Gasteiger partial charge on any atom is 0.330 e. The summed E-state index contributed by atoms with van der Waals surface area (Å²) in [5.41, 5.74) is -1.33. The molecule has 4 atom stereocenters. The Hall–Kier alpha value is -0.520. The van der Waals surface area contributed by atoms with Crippen LogP contribution in [0.1, 0.15) is 6.23 Å². The molecule has 1 aliphatic rings. The van der Waals surface area contributed by atoms with Gasteiger partial charge in [-0.3, -0.25) is 14.3 Å². The number of H-pyrrole nitrogens is 1. The quantitative estimate of drug-likeness (QED) is 0.405. The molecular weight excluding hydrogens is 271 g/mol. The summed E-state index contributed by atoms with van der Waals surface area (Å²) in [4.78, 5) is 24.3. The largest absolute Gasteiger partial charge is 0.412 e. The second-order valence-corrected chi connectivity index (χ2v) is 3.75. The third-order valence-corrected chi connectivity index (χ3v) is 2.64. The van der Waals surface area contributed by atoms with Crippen LogP contribution in [0, 0.1) is 0 Å². The van der Waals surface area contributed by atoms with Crippen LogP contribution in [0.15, 0.2) is 21.9 Å². The van der Waals surface area contributed by atoms with Crippen molar-refractivity contribution in [3.63, 3.8) is 0 Å². The SMILES string of the molecule is O.O=c1ccn([C@@H]2O[C@H](CO)[C@@H](O)[C@H]2O)c(=O)[nH]1.[Na]. The first-order chi connectivity index (χ1) is 8.04. The van der Waals surface area contributed by atoms with Gasteiger partial charge in [-0.2, -0.15) is 0 Å². The maximum atomic E-state index is 11.4. The minimum Gasteiger partial charge on any atom is -0.412 e. The van der Waals surface area contributed by atoms with E-state index in [1.54, 1.807) is 0 Å². The average molecular weight is 285 g/mol. The summed E-state index contributed by atoms with van der Waals surface area (Å²) < 4.78 is 6.08. The van der Waals surface area contributed by atoms with Gasteiger partial charge in [-0.05, 0) is 0 Å². The van der Waals surface area contributed by atoms with E-state index in [9.17, 15) is 19.8 Å². The summed E-state index contributed by atoms with van der Waals surface area (Å²) in [5, 5.41) is 28.1. The molecule has 0 amide bonds. The van der Waals surface area contributed by atoms with Crippen LogP contribution in [0.3, 0.4) is 0 Å². The Kier molecular flexibility index (Phi) is 7.11. The van der Waals surface area contributed by atoms with Crippen LogP contribution >= 0.6 is 0 Å². The summed E-state index contributed by atoms with van der Waals surface area (Å²) in [5.74, 6) is 0. The topological polar surface area (TPSA) is 156 Å². The standard InChI is InChI=1S/C9H12N2O6.Na.H2O/c12-3-4-6(14)7(15)8(17-4)11-2-1-5(13)10-9(11)16;;/h1-2,4,6-8,12,14-15H,3H2,(H,10,13,16);;1H2/t4-,6-,7-,8-;;/m1../s1. The van der Waals surface area contributed by atoms with E-state index in [1.807, 2.05) is 4.98 Å². The second kappa shape index (κ2) is 7.31. The van der Waals surface area contributed by atoms with Crippen molar-refractivity contribution in [2.24, 2.45) is 0 Å². The number of aliphatic hydroxyl groups excluding tert-OH is 3. The molecule has 6 N–H and O–H groups in total. The number of aromatic nitrogens is 2. The monoisotopic (exact) mass is 285 g/mol. The number of nitrogens with zero attached hydrogens (tertiary/aromatic N) is 1. The van der Waals surface area contributed by atoms with Gasteiger partial charge in [-0.1, -0.05) is 0 Å². The van der Waals surface area contributed by atoms with Crippen LogP contribution in [0.2, 0.25) is 0 Å². The number of aliphatic hydroxyl groups is 3. The van der Waals surface area contributed by atoms with E-state index in [0.717, 1.165) is 16.8 Å². The van der Waals surface area contributed by atoms with Crippen molar-refractivity contribution in [2.75, 3.05) is 6.61 Å². The van der Waals surface area contributed by atoms with E-state index in [1.165, 1.54) is 0 Å². The summed E-state index contributed by atoms with van der Waals surface area (Å²) in [6, 6.07) is 1.09. The van der Waals surface area contributed by atoms with Gasteiger partial charge in [0.05, 0.1) is 6.61 Å². The van der Waals surface area contributed by atoms with Gasteiger partial charge in [-0.25, -0.2) is 4.79 Å². The molecule has 1 aromatic rings. The van der Waals surface area contributed by atoms with Gasteiger partial charge in [-0.15, -0.1) is 0 Å². The van der Waals surface area contributed by atoms with Crippen LogP contribution in [0.4, 0.5) is 0 Å². The van der Waals surface area contributed by atoms with Crippen molar-refractivity contribution in [1.82, 2.24) is 9.55 Å². The summed E-state index contributed by atoms with van der Waals surface area (Å²) in [6.07, 6.45) is -3.58. The number of hydrogen-bond donors (Lipinski definition) is 4. The molecular formula is C9H14N2NaO7. The zero-order chi connectivity index (χ0) is 12.6. The summed E-state index contributed by atoms with van der Waals surface area (Å²) >= 11 is 0. The fraction of sp³-hybridized carbons (Fsp3) is 0.556. The molecule has 10 heteroatoms. The van der Waals surface area contributed by atoms with Crippen molar-refractivity contribution in [3.8, 4) is 0 Å². The molecule has 1 radical (unpaired) electrons. The first kappa shape index (κ1) is 18.5. The molecule has 1 aliphatic heterocycles. The molecule has 19 heavy (non-hydrogen) atoms. The van der Waals surface area contributed by atoms with Crippen molar-refractivity contribution >= 4 is 29.6 Å². The number of aromatic amines is 1. The number of hydrogen-bond acceptors (Lipinski definition) is 6. The van der Waals surface area contributed by atoms with Gasteiger partial charge in [0.25, 0.3) is 5.56 Å². The smallest absolute Gasteiger partial charge is 0.330 e. The average Bonchev–Trinajstić information content (AvgIpc) is 2.57. The summed E-state index contributed by atoms with van der Waals surface area (Å²) in [6.45, 7) is -0.479. The van der Waals surface area contributed by atoms with Crippen molar-refractivity contribution < 1.29 is 25.5 Å². The van der Waals surface area contributed by atoms with E-state index in [2.05, 4.69) is 0 Å². The Labute approximate surface area is 129 Å². The van der Waals surface area contributed by atoms with E-state index in [-0.39, 0.29) is 35.0 Å². The van der Waals surface area contributed by atoms with Crippen molar-refractivity contribution in [2.45, 2.75) is 24.5 Å². The van der Waals surface area contributed by atoms with E-state index in [4.69, 9.17) is 9.84 Å². The Morgan fingerprint density at radius 2 is 1.95 bits per heavy atom. The van der Waals surface area contributed by atoms with Gasteiger partial charge in [0.15, 0.2) is 6.23 Å². The zero-order valence-electron chi connectivity index (χ0n) is 10.2. The summed E-state index contributed by atoms with van der Waals surface area (Å²) in [7, 11) is 0. The number of nitrogens with one attached hydrogen (secondary N) is 1. The molecule has 0 bridgehead atoms. The van der Waals surface area contributed by atoms with Crippen molar-refractivity contribution in [1.29, 1.82) is 0 Å². The zero-order valence-corrected chi connectivity index (χ0v) is 12.2. The fourth-order valence-corrected chi connectivity index (χ4v) is 1.74. The Morgan fingerprint density at radius 3 is 2.42 bits per heavy atom. The van der Waals surface area contributed by atoms with E-state index < -0.39 is 42.4 Å². The molecule has 0 saturated carbocycles. The molecule has 0 spiro atoms. The molecule has 2 rings (SSSR count). The van der Waals surface area contributed by atoms with Gasteiger partial charge in [0, 0.05) is 41.8 Å². The Morgan fingerprint density at radius 1 is 1.32 bits per heavy atom. The third-order valence-electron chi connectivity index (χ3n) is 2.64. The molecule has 0 aromatic carbocycles. The molecule has 9 nitrogen and oxygen atoms in total. The molecule has 0 aliphatic carbocycles. The van der Waals surface area contributed by atoms with Gasteiger partial charge in [0.2, 0.25) is 0 Å². The fourth-order valence-electron chi connectivity index (χ4n) is 1.74. The molecule has 1 saturated heterocycles. The first-order valence-corrected chi connectivity index (χ1v) is 4.98. The van der Waals surface area contributed by atoms with Crippen LogP contribution in [0.25, 0.3) is 0 Å². The Balaban J connectivity index is 0.00000162. The predicted octanol–water partition coefficient (Wildman–Crippen LogP) is -4.06. The Bertz CT molecular complexity index is 516. The van der Waals surface area contributed by atoms with Crippen LogP contribution < -0.4 is 11.2 Å². The van der Waals surface area contributed by atoms with E-state index >= 15 is 0 Å². The minimum absolute atomic E-state index is 0. The predicted molar refractivity (Wildman–Crippen MR) is 63.7 cm³/mol. The number of rotatable bonds is 2. The van der Waals surface area contributed by atoms with Gasteiger partial charge >= 0.3 is 5.69 Å². The van der Waals surface area contributed by atoms with Crippen molar-refractivity contribution in [3.05, 3.63) is 33.1 Å². The second-order valence-electron chi connectivity index (χ2n) is 3.75. The maximum absolute atomic E-state index is 11.4. The molecule has 103 valence electrons. The molecule has 0 unspecified atom stereocenters. The normalized spacial score (nSPS) is 29.4. The molecule has 1 fully saturated rings. The van der Waals surface area contributed by atoms with E-state index in [0.29, 0.717) is 0 Å². The first-order valence-electron chi connectivity index (χ1n) is 4.98. The minimum atomic E-state index is -1.35. The third kappa shape index (κ3) is 3.52.